The van der Waals surface area contributed by atoms with Crippen LogP contribution in [0.1, 0.15) is 18.9 Å². The fourth-order valence-electron chi connectivity index (χ4n) is 2.29. The number of ether oxygens (including phenoxy) is 2. The zero-order valence-electron chi connectivity index (χ0n) is 14.7. The van der Waals surface area contributed by atoms with Gasteiger partial charge in [-0.15, -0.1) is 0 Å². The Bertz CT molecular complexity index is 700. The zero-order chi connectivity index (χ0) is 18.8. The molecule has 138 valence electrons. The first kappa shape index (κ1) is 19.3. The Morgan fingerprint density at radius 2 is 1.62 bits per heavy atom. The maximum Gasteiger partial charge on any atom is 0.326 e. The molecule has 0 radical (unpaired) electrons. The van der Waals surface area contributed by atoms with E-state index < -0.39 is 17.9 Å². The van der Waals surface area contributed by atoms with Crippen LogP contribution in [0.5, 0.6) is 11.5 Å². The molecule has 2 N–H and O–H groups in total. The molecule has 0 bridgehead atoms. The summed E-state index contributed by atoms with van der Waals surface area (Å²) >= 11 is 0. The van der Waals surface area contributed by atoms with E-state index in [1.54, 1.807) is 24.3 Å². The van der Waals surface area contributed by atoms with Crippen molar-refractivity contribution in [3.8, 4) is 11.5 Å². The van der Waals surface area contributed by atoms with Crippen molar-refractivity contribution < 1.29 is 24.2 Å². The van der Waals surface area contributed by atoms with E-state index in [0.29, 0.717) is 12.4 Å². The maximum atomic E-state index is 12.0. The fraction of sp³-hybridized carbons (Fsp3) is 0.300. The van der Waals surface area contributed by atoms with E-state index in [1.165, 1.54) is 0 Å². The molecule has 26 heavy (non-hydrogen) atoms. The first-order chi connectivity index (χ1) is 12.6. The molecule has 1 atom stereocenters. The zero-order valence-corrected chi connectivity index (χ0v) is 14.7. The van der Waals surface area contributed by atoms with Crippen LogP contribution >= 0.6 is 0 Å². The van der Waals surface area contributed by atoms with E-state index in [0.717, 1.165) is 17.7 Å². The summed E-state index contributed by atoms with van der Waals surface area (Å²) in [6.07, 6.45) is 1.14. The summed E-state index contributed by atoms with van der Waals surface area (Å²) in [7, 11) is 0. The van der Waals surface area contributed by atoms with Crippen LogP contribution in [0, 0.1) is 0 Å². The summed E-state index contributed by atoms with van der Waals surface area (Å²) < 4.78 is 10.9. The first-order valence-electron chi connectivity index (χ1n) is 8.50. The van der Waals surface area contributed by atoms with Gasteiger partial charge in [-0.05, 0) is 36.2 Å². The topological polar surface area (TPSA) is 84.9 Å². The fourth-order valence-corrected chi connectivity index (χ4v) is 2.29. The van der Waals surface area contributed by atoms with Gasteiger partial charge in [0.2, 0.25) is 0 Å². The number of rotatable bonds is 10. The van der Waals surface area contributed by atoms with Crippen LogP contribution in [0.15, 0.2) is 54.6 Å². The third-order valence-corrected chi connectivity index (χ3v) is 3.58. The lowest BCUT2D eigenvalue weighted by Crippen LogP contribution is -2.44. The summed E-state index contributed by atoms with van der Waals surface area (Å²) in [6.45, 7) is 2.41. The molecule has 0 heterocycles. The highest BCUT2D eigenvalue weighted by molar-refractivity contribution is 5.84. The molecule has 2 aromatic rings. The van der Waals surface area contributed by atoms with Gasteiger partial charge in [0, 0.05) is 6.42 Å². The standard InChI is InChI=1S/C20H23NO5/c1-2-12-25-16-8-10-17(11-9-16)26-14-19(22)21-18(20(23)24)13-15-6-4-3-5-7-15/h3-11,18H,2,12-14H2,1H3,(H,21,22)(H,23,24)/t18-/m0/s1. The molecule has 0 aliphatic heterocycles. The Kier molecular flexibility index (Phi) is 7.49. The Morgan fingerprint density at radius 3 is 2.19 bits per heavy atom. The van der Waals surface area contributed by atoms with Crippen LogP contribution in [0.25, 0.3) is 0 Å². The maximum absolute atomic E-state index is 12.0. The second-order valence-electron chi connectivity index (χ2n) is 5.76. The minimum atomic E-state index is -1.08. The van der Waals surface area contributed by atoms with Crippen molar-refractivity contribution in [1.82, 2.24) is 5.32 Å². The van der Waals surface area contributed by atoms with Crippen molar-refractivity contribution in [2.75, 3.05) is 13.2 Å². The molecular formula is C20H23NO5. The predicted octanol–water partition coefficient (Wildman–Crippen LogP) is 2.67. The largest absolute Gasteiger partial charge is 0.494 e. The molecule has 0 saturated heterocycles. The van der Waals surface area contributed by atoms with Gasteiger partial charge in [0.25, 0.3) is 5.91 Å². The number of amides is 1. The average Bonchev–Trinajstić information content (AvgIpc) is 2.65. The third-order valence-electron chi connectivity index (χ3n) is 3.58. The highest BCUT2D eigenvalue weighted by Crippen LogP contribution is 2.17. The molecule has 0 fully saturated rings. The predicted molar refractivity (Wildman–Crippen MR) is 97.4 cm³/mol. The lowest BCUT2D eigenvalue weighted by atomic mass is 10.1. The molecule has 1 amide bonds. The van der Waals surface area contributed by atoms with E-state index in [9.17, 15) is 14.7 Å². The van der Waals surface area contributed by atoms with E-state index in [1.807, 2.05) is 37.3 Å². The van der Waals surface area contributed by atoms with Gasteiger partial charge in [-0.3, -0.25) is 4.79 Å². The highest BCUT2D eigenvalue weighted by Gasteiger charge is 2.20. The Morgan fingerprint density at radius 1 is 1.00 bits per heavy atom. The lowest BCUT2D eigenvalue weighted by Gasteiger charge is -2.15. The second-order valence-corrected chi connectivity index (χ2v) is 5.76. The SMILES string of the molecule is CCCOc1ccc(OCC(=O)N[C@@H](Cc2ccccc2)C(=O)O)cc1. The number of hydrogen-bond donors (Lipinski definition) is 2. The van der Waals surface area contributed by atoms with Crippen molar-refractivity contribution in [2.24, 2.45) is 0 Å². The van der Waals surface area contributed by atoms with Crippen molar-refractivity contribution in [2.45, 2.75) is 25.8 Å². The van der Waals surface area contributed by atoms with Crippen LogP contribution in [0.2, 0.25) is 0 Å². The molecule has 0 saturated carbocycles. The van der Waals surface area contributed by atoms with Gasteiger partial charge in [-0.2, -0.15) is 0 Å². The molecule has 2 aromatic carbocycles. The van der Waals surface area contributed by atoms with Gasteiger partial charge in [-0.25, -0.2) is 4.79 Å². The van der Waals surface area contributed by atoms with E-state index in [4.69, 9.17) is 9.47 Å². The number of aliphatic carboxylic acids is 1. The molecule has 6 heteroatoms. The number of carboxylic acid groups (broad SMARTS) is 1. The third kappa shape index (κ3) is 6.47. The van der Waals surface area contributed by atoms with E-state index >= 15 is 0 Å². The minimum absolute atomic E-state index is 0.214. The Balaban J connectivity index is 1.83. The average molecular weight is 357 g/mol. The van der Waals surface area contributed by atoms with E-state index in [-0.39, 0.29) is 13.0 Å². The van der Waals surface area contributed by atoms with Gasteiger partial charge in [0.05, 0.1) is 6.61 Å². The minimum Gasteiger partial charge on any atom is -0.494 e. The molecule has 0 unspecified atom stereocenters. The van der Waals surface area contributed by atoms with Crippen LogP contribution in [-0.2, 0) is 16.0 Å². The molecule has 0 aliphatic rings. The molecule has 0 spiro atoms. The summed E-state index contributed by atoms with van der Waals surface area (Å²) in [6, 6.07) is 15.1. The van der Waals surface area contributed by atoms with Crippen LogP contribution < -0.4 is 14.8 Å². The van der Waals surface area contributed by atoms with Gasteiger partial charge in [-0.1, -0.05) is 37.3 Å². The van der Waals surface area contributed by atoms with Crippen molar-refractivity contribution in [3.63, 3.8) is 0 Å². The Labute approximate surface area is 152 Å². The molecule has 6 nitrogen and oxygen atoms in total. The number of carbonyl (C=O) groups is 2. The normalized spacial score (nSPS) is 11.4. The molecular weight excluding hydrogens is 334 g/mol. The second kappa shape index (κ2) is 10.1. The summed E-state index contributed by atoms with van der Waals surface area (Å²) in [5, 5.41) is 11.8. The summed E-state index contributed by atoms with van der Waals surface area (Å²) in [5.74, 6) is -0.323. The summed E-state index contributed by atoms with van der Waals surface area (Å²) in [4.78, 5) is 23.4. The van der Waals surface area contributed by atoms with Gasteiger partial charge in [0.15, 0.2) is 6.61 Å². The van der Waals surface area contributed by atoms with Crippen molar-refractivity contribution in [1.29, 1.82) is 0 Å². The Hall–Kier alpha value is -3.02. The monoisotopic (exact) mass is 357 g/mol. The number of nitrogens with one attached hydrogen (secondary N) is 1. The van der Waals surface area contributed by atoms with Crippen molar-refractivity contribution >= 4 is 11.9 Å². The number of carbonyl (C=O) groups excluding carboxylic acids is 1. The first-order valence-corrected chi connectivity index (χ1v) is 8.50. The van der Waals surface area contributed by atoms with Crippen molar-refractivity contribution in [3.05, 3.63) is 60.2 Å². The van der Waals surface area contributed by atoms with Gasteiger partial charge >= 0.3 is 5.97 Å². The van der Waals surface area contributed by atoms with Crippen LogP contribution in [0.3, 0.4) is 0 Å². The summed E-state index contributed by atoms with van der Waals surface area (Å²) in [5.41, 5.74) is 0.837. The van der Waals surface area contributed by atoms with Crippen LogP contribution in [-0.4, -0.2) is 36.2 Å². The smallest absolute Gasteiger partial charge is 0.326 e. The number of carboxylic acids is 1. The molecule has 2 rings (SSSR count). The number of hydrogen-bond acceptors (Lipinski definition) is 4. The lowest BCUT2D eigenvalue weighted by molar-refractivity contribution is -0.142. The quantitative estimate of drug-likeness (QED) is 0.683. The molecule has 0 aliphatic carbocycles. The molecule has 0 aromatic heterocycles. The van der Waals surface area contributed by atoms with Crippen LogP contribution in [0.4, 0.5) is 0 Å². The van der Waals surface area contributed by atoms with Gasteiger partial charge < -0.3 is 19.9 Å². The van der Waals surface area contributed by atoms with E-state index in [2.05, 4.69) is 5.32 Å². The highest BCUT2D eigenvalue weighted by atomic mass is 16.5. The number of benzene rings is 2. The van der Waals surface area contributed by atoms with Gasteiger partial charge in [0.1, 0.15) is 17.5 Å².